The van der Waals surface area contributed by atoms with E-state index in [1.165, 1.54) is 0 Å². The van der Waals surface area contributed by atoms with Gasteiger partial charge in [0.05, 0.1) is 0 Å². The Balaban J connectivity index is 2.70. The van der Waals surface area contributed by atoms with Gasteiger partial charge in [-0.15, -0.1) is 0 Å². The minimum Gasteiger partial charge on any atom is -0.337 e. The summed E-state index contributed by atoms with van der Waals surface area (Å²) in [6.45, 7) is 4.16. The summed E-state index contributed by atoms with van der Waals surface area (Å²) in [6, 6.07) is 1.74. The van der Waals surface area contributed by atoms with Crippen LogP contribution in [-0.4, -0.2) is 40.2 Å². The van der Waals surface area contributed by atoms with Gasteiger partial charge in [0.2, 0.25) is 0 Å². The minimum atomic E-state index is 0.0373. The smallest absolute Gasteiger partial charge is 0.272 e. The van der Waals surface area contributed by atoms with Crippen LogP contribution < -0.4 is 5.73 Å². The third kappa shape index (κ3) is 3.06. The van der Waals surface area contributed by atoms with Gasteiger partial charge in [-0.25, -0.2) is 0 Å². The van der Waals surface area contributed by atoms with Gasteiger partial charge in [-0.1, -0.05) is 6.92 Å². The standard InChI is InChI=1S/C11H20N4O/c1-3-8-15(9-4-6-12)11(16)10-5-7-13-14(10)2/h5,7H,3-4,6,8-9,12H2,1-2H3. The summed E-state index contributed by atoms with van der Waals surface area (Å²) < 4.78 is 1.60. The summed E-state index contributed by atoms with van der Waals surface area (Å²) in [7, 11) is 1.78. The molecule has 1 heterocycles. The molecule has 0 bridgehead atoms. The molecule has 5 heteroatoms. The Kier molecular flexibility index (Phi) is 4.98. The number of aromatic nitrogens is 2. The van der Waals surface area contributed by atoms with Gasteiger partial charge in [0.15, 0.2) is 0 Å². The second-order valence-corrected chi connectivity index (χ2v) is 3.77. The molecule has 1 rings (SSSR count). The van der Waals surface area contributed by atoms with Gasteiger partial charge < -0.3 is 10.6 Å². The number of carbonyl (C=O) groups is 1. The van der Waals surface area contributed by atoms with Crippen LogP contribution in [0.5, 0.6) is 0 Å². The summed E-state index contributed by atoms with van der Waals surface area (Å²) in [4.78, 5) is 14.0. The zero-order valence-corrected chi connectivity index (χ0v) is 10.0. The first-order valence-corrected chi connectivity index (χ1v) is 5.68. The maximum absolute atomic E-state index is 12.1. The highest BCUT2D eigenvalue weighted by Gasteiger charge is 2.17. The number of carbonyl (C=O) groups excluding carboxylic acids is 1. The third-order valence-corrected chi connectivity index (χ3v) is 2.45. The van der Waals surface area contributed by atoms with Crippen molar-refractivity contribution < 1.29 is 4.79 Å². The number of amides is 1. The number of nitrogens with zero attached hydrogens (tertiary/aromatic N) is 3. The SMILES string of the molecule is CCCN(CCCN)C(=O)c1ccnn1C. The number of rotatable bonds is 6. The van der Waals surface area contributed by atoms with Crippen LogP contribution >= 0.6 is 0 Å². The van der Waals surface area contributed by atoms with Crippen LogP contribution in [-0.2, 0) is 7.05 Å². The van der Waals surface area contributed by atoms with Crippen LogP contribution in [0.4, 0.5) is 0 Å². The highest BCUT2D eigenvalue weighted by molar-refractivity contribution is 5.92. The van der Waals surface area contributed by atoms with Crippen molar-refractivity contribution in [2.24, 2.45) is 12.8 Å². The van der Waals surface area contributed by atoms with Gasteiger partial charge >= 0.3 is 0 Å². The Bertz CT molecular complexity index is 334. The molecule has 5 nitrogen and oxygen atoms in total. The lowest BCUT2D eigenvalue weighted by Gasteiger charge is -2.21. The molecule has 2 N–H and O–H groups in total. The van der Waals surface area contributed by atoms with Gasteiger partial charge in [-0.3, -0.25) is 9.48 Å². The van der Waals surface area contributed by atoms with Crippen molar-refractivity contribution >= 4 is 5.91 Å². The molecule has 1 aromatic rings. The van der Waals surface area contributed by atoms with E-state index in [1.54, 1.807) is 24.0 Å². The minimum absolute atomic E-state index is 0.0373. The topological polar surface area (TPSA) is 64.2 Å². The van der Waals surface area contributed by atoms with E-state index in [0.717, 1.165) is 19.4 Å². The van der Waals surface area contributed by atoms with Crippen LogP contribution in [0.15, 0.2) is 12.3 Å². The summed E-state index contributed by atoms with van der Waals surface area (Å²) in [6.07, 6.45) is 3.43. The fourth-order valence-electron chi connectivity index (χ4n) is 1.61. The Hall–Kier alpha value is -1.36. The normalized spacial score (nSPS) is 10.4. The van der Waals surface area contributed by atoms with Crippen LogP contribution in [0.25, 0.3) is 0 Å². The predicted molar refractivity (Wildman–Crippen MR) is 63.1 cm³/mol. The molecular weight excluding hydrogens is 204 g/mol. The first kappa shape index (κ1) is 12.7. The van der Waals surface area contributed by atoms with Crippen molar-refractivity contribution in [2.75, 3.05) is 19.6 Å². The maximum Gasteiger partial charge on any atom is 0.272 e. The fourth-order valence-corrected chi connectivity index (χ4v) is 1.61. The lowest BCUT2D eigenvalue weighted by Crippen LogP contribution is -2.34. The van der Waals surface area contributed by atoms with Gasteiger partial charge in [0, 0.05) is 26.3 Å². The molecule has 0 fully saturated rings. The monoisotopic (exact) mass is 224 g/mol. The Labute approximate surface area is 96.2 Å². The predicted octanol–water partition coefficient (Wildman–Crippen LogP) is 0.621. The van der Waals surface area contributed by atoms with Gasteiger partial charge in [-0.2, -0.15) is 5.10 Å². The van der Waals surface area contributed by atoms with E-state index in [2.05, 4.69) is 12.0 Å². The molecule has 0 aliphatic rings. The maximum atomic E-state index is 12.1. The summed E-state index contributed by atoms with van der Waals surface area (Å²) >= 11 is 0. The Morgan fingerprint density at radius 2 is 2.31 bits per heavy atom. The zero-order chi connectivity index (χ0) is 12.0. The van der Waals surface area contributed by atoms with E-state index in [4.69, 9.17) is 5.73 Å². The van der Waals surface area contributed by atoms with Crippen LogP contribution in [0.3, 0.4) is 0 Å². The Morgan fingerprint density at radius 1 is 1.56 bits per heavy atom. The molecular formula is C11H20N4O. The Morgan fingerprint density at radius 3 is 2.81 bits per heavy atom. The largest absolute Gasteiger partial charge is 0.337 e. The second kappa shape index (κ2) is 6.27. The lowest BCUT2D eigenvalue weighted by atomic mass is 10.3. The first-order chi connectivity index (χ1) is 7.70. The number of hydrogen-bond donors (Lipinski definition) is 1. The van der Waals surface area contributed by atoms with E-state index in [1.807, 2.05) is 4.90 Å². The van der Waals surface area contributed by atoms with Gasteiger partial charge in [0.25, 0.3) is 5.91 Å². The summed E-state index contributed by atoms with van der Waals surface area (Å²) in [5.74, 6) is 0.0373. The molecule has 0 atom stereocenters. The van der Waals surface area contributed by atoms with E-state index < -0.39 is 0 Å². The van der Waals surface area contributed by atoms with Crippen LogP contribution in [0.2, 0.25) is 0 Å². The molecule has 0 aromatic carbocycles. The van der Waals surface area contributed by atoms with Crippen LogP contribution in [0, 0.1) is 0 Å². The quantitative estimate of drug-likeness (QED) is 0.770. The molecule has 0 unspecified atom stereocenters. The van der Waals surface area contributed by atoms with Crippen molar-refractivity contribution in [1.29, 1.82) is 0 Å². The molecule has 0 aliphatic carbocycles. The van der Waals surface area contributed by atoms with Crippen molar-refractivity contribution in [3.8, 4) is 0 Å². The van der Waals surface area contributed by atoms with Crippen molar-refractivity contribution in [3.05, 3.63) is 18.0 Å². The molecule has 0 aliphatic heterocycles. The second-order valence-electron chi connectivity index (χ2n) is 3.77. The van der Waals surface area contributed by atoms with E-state index in [9.17, 15) is 4.79 Å². The first-order valence-electron chi connectivity index (χ1n) is 5.68. The molecule has 1 amide bonds. The van der Waals surface area contributed by atoms with E-state index in [-0.39, 0.29) is 5.91 Å². The number of aryl methyl sites for hydroxylation is 1. The average molecular weight is 224 g/mol. The average Bonchev–Trinajstić information content (AvgIpc) is 2.69. The molecule has 0 radical (unpaired) electrons. The number of nitrogens with two attached hydrogens (primary N) is 1. The molecule has 1 aromatic heterocycles. The van der Waals surface area contributed by atoms with Crippen LogP contribution in [0.1, 0.15) is 30.3 Å². The molecule has 16 heavy (non-hydrogen) atoms. The zero-order valence-electron chi connectivity index (χ0n) is 10.0. The fraction of sp³-hybridized carbons (Fsp3) is 0.636. The molecule has 0 saturated carbocycles. The lowest BCUT2D eigenvalue weighted by molar-refractivity contribution is 0.0743. The summed E-state index contributed by atoms with van der Waals surface area (Å²) in [5, 5.41) is 4.00. The van der Waals surface area contributed by atoms with Gasteiger partial charge in [-0.05, 0) is 25.5 Å². The third-order valence-electron chi connectivity index (χ3n) is 2.45. The van der Waals surface area contributed by atoms with Crippen molar-refractivity contribution in [2.45, 2.75) is 19.8 Å². The van der Waals surface area contributed by atoms with Crippen molar-refractivity contribution in [1.82, 2.24) is 14.7 Å². The highest BCUT2D eigenvalue weighted by atomic mass is 16.2. The van der Waals surface area contributed by atoms with E-state index >= 15 is 0 Å². The highest BCUT2D eigenvalue weighted by Crippen LogP contribution is 2.05. The molecule has 0 spiro atoms. The summed E-state index contributed by atoms with van der Waals surface area (Å²) in [5.41, 5.74) is 6.10. The van der Waals surface area contributed by atoms with E-state index in [0.29, 0.717) is 18.8 Å². The van der Waals surface area contributed by atoms with Gasteiger partial charge in [0.1, 0.15) is 5.69 Å². The number of hydrogen-bond acceptors (Lipinski definition) is 3. The molecule has 0 saturated heterocycles. The molecule has 90 valence electrons. The van der Waals surface area contributed by atoms with Crippen molar-refractivity contribution in [3.63, 3.8) is 0 Å².